The SMILES string of the molecule is CCCCCCCCCCCCCOC(=O)CCCC(=O)OCCc1ccc(Cl)cc1. The van der Waals surface area contributed by atoms with Gasteiger partial charge in [0.05, 0.1) is 13.2 Å². The van der Waals surface area contributed by atoms with Crippen LogP contribution in [0.2, 0.25) is 5.02 Å². The molecule has 31 heavy (non-hydrogen) atoms. The number of rotatable bonds is 19. The molecule has 0 saturated heterocycles. The number of hydrogen-bond donors (Lipinski definition) is 0. The third-order valence-electron chi connectivity index (χ3n) is 5.34. The maximum atomic E-state index is 11.7. The monoisotopic (exact) mass is 452 g/mol. The van der Waals surface area contributed by atoms with E-state index in [2.05, 4.69) is 6.92 Å². The van der Waals surface area contributed by atoms with E-state index < -0.39 is 0 Å². The van der Waals surface area contributed by atoms with Gasteiger partial charge in [0.25, 0.3) is 0 Å². The van der Waals surface area contributed by atoms with Crippen LogP contribution in [-0.4, -0.2) is 25.2 Å². The van der Waals surface area contributed by atoms with E-state index in [0.29, 0.717) is 31.1 Å². The Morgan fingerprint density at radius 3 is 1.71 bits per heavy atom. The van der Waals surface area contributed by atoms with E-state index in [1.165, 1.54) is 57.8 Å². The highest BCUT2D eigenvalue weighted by atomic mass is 35.5. The fourth-order valence-corrected chi connectivity index (χ4v) is 3.53. The first-order valence-corrected chi connectivity index (χ1v) is 12.5. The van der Waals surface area contributed by atoms with Gasteiger partial charge < -0.3 is 9.47 Å². The topological polar surface area (TPSA) is 52.6 Å². The second-order valence-corrected chi connectivity index (χ2v) is 8.64. The molecule has 0 aliphatic carbocycles. The Balaban J connectivity index is 1.86. The summed E-state index contributed by atoms with van der Waals surface area (Å²) in [6.07, 6.45) is 15.7. The lowest BCUT2D eigenvalue weighted by atomic mass is 10.1. The number of unbranched alkanes of at least 4 members (excludes halogenated alkanes) is 10. The molecule has 4 nitrogen and oxygen atoms in total. The molecule has 0 radical (unpaired) electrons. The molecule has 0 aliphatic rings. The predicted molar refractivity (Wildman–Crippen MR) is 127 cm³/mol. The Bertz CT molecular complexity index is 586. The van der Waals surface area contributed by atoms with E-state index in [9.17, 15) is 9.59 Å². The van der Waals surface area contributed by atoms with Gasteiger partial charge in [-0.1, -0.05) is 94.9 Å². The highest BCUT2D eigenvalue weighted by molar-refractivity contribution is 6.30. The number of carbonyl (C=O) groups excluding carboxylic acids is 2. The van der Waals surface area contributed by atoms with Gasteiger partial charge in [-0.2, -0.15) is 0 Å². The zero-order valence-corrected chi connectivity index (χ0v) is 20.1. The van der Waals surface area contributed by atoms with Gasteiger partial charge in [0.15, 0.2) is 0 Å². The van der Waals surface area contributed by atoms with E-state index in [-0.39, 0.29) is 24.8 Å². The van der Waals surface area contributed by atoms with Gasteiger partial charge in [0, 0.05) is 24.3 Å². The maximum Gasteiger partial charge on any atom is 0.305 e. The largest absolute Gasteiger partial charge is 0.466 e. The first kappa shape index (κ1) is 27.5. The lowest BCUT2D eigenvalue weighted by Gasteiger charge is -2.06. The van der Waals surface area contributed by atoms with E-state index in [0.717, 1.165) is 18.4 Å². The normalized spacial score (nSPS) is 10.8. The number of esters is 2. The molecule has 0 spiro atoms. The number of halogens is 1. The summed E-state index contributed by atoms with van der Waals surface area (Å²) >= 11 is 5.84. The molecule has 0 atom stereocenters. The number of ether oxygens (including phenoxy) is 2. The molecule has 176 valence electrons. The average molecular weight is 453 g/mol. The smallest absolute Gasteiger partial charge is 0.305 e. The fourth-order valence-electron chi connectivity index (χ4n) is 3.41. The minimum absolute atomic E-state index is 0.221. The number of benzene rings is 1. The Kier molecular flexibility index (Phi) is 17.0. The summed E-state index contributed by atoms with van der Waals surface area (Å²) in [7, 11) is 0. The van der Waals surface area contributed by atoms with Gasteiger partial charge in [-0.3, -0.25) is 9.59 Å². The molecule has 0 saturated carbocycles. The molecule has 0 fully saturated rings. The number of carbonyl (C=O) groups is 2. The quantitative estimate of drug-likeness (QED) is 0.161. The van der Waals surface area contributed by atoms with Gasteiger partial charge in [-0.25, -0.2) is 0 Å². The minimum Gasteiger partial charge on any atom is -0.466 e. The van der Waals surface area contributed by atoms with Crippen molar-refractivity contribution >= 4 is 23.5 Å². The summed E-state index contributed by atoms with van der Waals surface area (Å²) in [6, 6.07) is 7.48. The molecule has 0 unspecified atom stereocenters. The van der Waals surface area contributed by atoms with Crippen molar-refractivity contribution < 1.29 is 19.1 Å². The van der Waals surface area contributed by atoms with Crippen molar-refractivity contribution in [3.63, 3.8) is 0 Å². The first-order chi connectivity index (χ1) is 15.1. The van der Waals surface area contributed by atoms with Crippen molar-refractivity contribution in [2.75, 3.05) is 13.2 Å². The van der Waals surface area contributed by atoms with Crippen LogP contribution in [0.4, 0.5) is 0 Å². The van der Waals surface area contributed by atoms with Crippen molar-refractivity contribution in [1.82, 2.24) is 0 Å². The van der Waals surface area contributed by atoms with Crippen molar-refractivity contribution in [3.05, 3.63) is 34.9 Å². The van der Waals surface area contributed by atoms with Crippen LogP contribution in [0.25, 0.3) is 0 Å². The summed E-state index contributed by atoms with van der Waals surface area (Å²) in [5.74, 6) is -0.492. The molecule has 0 heterocycles. The molecule has 0 aliphatic heterocycles. The summed E-state index contributed by atoms with van der Waals surface area (Å²) in [4.78, 5) is 23.5. The van der Waals surface area contributed by atoms with Crippen LogP contribution in [0.15, 0.2) is 24.3 Å². The second-order valence-electron chi connectivity index (χ2n) is 8.21. The van der Waals surface area contributed by atoms with Gasteiger partial charge in [0.2, 0.25) is 0 Å². The molecule has 1 aromatic rings. The molecule has 1 rings (SSSR count). The van der Waals surface area contributed by atoms with E-state index in [4.69, 9.17) is 21.1 Å². The van der Waals surface area contributed by atoms with E-state index >= 15 is 0 Å². The van der Waals surface area contributed by atoms with Crippen LogP contribution in [0.3, 0.4) is 0 Å². The summed E-state index contributed by atoms with van der Waals surface area (Å²) in [5.41, 5.74) is 1.07. The zero-order valence-electron chi connectivity index (χ0n) is 19.3. The van der Waals surface area contributed by atoms with Crippen molar-refractivity contribution in [1.29, 1.82) is 0 Å². The average Bonchev–Trinajstić information content (AvgIpc) is 2.76. The molecular formula is C26H41ClO4. The molecule has 0 aromatic heterocycles. The van der Waals surface area contributed by atoms with Gasteiger partial charge in [-0.05, 0) is 30.5 Å². The van der Waals surface area contributed by atoms with Gasteiger partial charge >= 0.3 is 11.9 Å². The summed E-state index contributed by atoms with van der Waals surface area (Å²) < 4.78 is 10.5. The first-order valence-electron chi connectivity index (χ1n) is 12.2. The van der Waals surface area contributed by atoms with Crippen molar-refractivity contribution in [3.8, 4) is 0 Å². The maximum absolute atomic E-state index is 11.7. The fraction of sp³-hybridized carbons (Fsp3) is 0.692. The van der Waals surface area contributed by atoms with Crippen molar-refractivity contribution in [2.24, 2.45) is 0 Å². The Hall–Kier alpha value is -1.55. The molecule has 0 N–H and O–H groups in total. The molecular weight excluding hydrogens is 412 g/mol. The zero-order chi connectivity index (χ0) is 22.6. The van der Waals surface area contributed by atoms with Crippen LogP contribution in [0.1, 0.15) is 102 Å². The summed E-state index contributed by atoms with van der Waals surface area (Å²) in [5, 5.41) is 0.691. The van der Waals surface area contributed by atoms with Crippen LogP contribution in [-0.2, 0) is 25.5 Å². The molecule has 0 amide bonds. The van der Waals surface area contributed by atoms with Gasteiger partial charge in [-0.15, -0.1) is 0 Å². The highest BCUT2D eigenvalue weighted by Gasteiger charge is 2.07. The minimum atomic E-state index is -0.271. The predicted octanol–water partition coefficient (Wildman–Crippen LogP) is 7.45. The third-order valence-corrected chi connectivity index (χ3v) is 5.59. The summed E-state index contributed by atoms with van der Waals surface area (Å²) in [6.45, 7) is 3.07. The van der Waals surface area contributed by atoms with Crippen molar-refractivity contribution in [2.45, 2.75) is 103 Å². The van der Waals surface area contributed by atoms with Crippen LogP contribution in [0.5, 0.6) is 0 Å². The highest BCUT2D eigenvalue weighted by Crippen LogP contribution is 2.12. The molecule has 1 aromatic carbocycles. The third kappa shape index (κ3) is 16.8. The standard InChI is InChI=1S/C26H41ClO4/c1-2-3-4-5-6-7-8-9-10-11-12-21-30-25(28)14-13-15-26(29)31-22-20-23-16-18-24(27)19-17-23/h16-19H,2-15,20-22H2,1H3. The number of hydrogen-bond acceptors (Lipinski definition) is 4. The van der Waals surface area contributed by atoms with Crippen LogP contribution < -0.4 is 0 Å². The Morgan fingerprint density at radius 2 is 1.16 bits per heavy atom. The molecule has 5 heteroatoms. The Labute approximate surface area is 194 Å². The Morgan fingerprint density at radius 1 is 0.677 bits per heavy atom. The molecule has 0 bridgehead atoms. The van der Waals surface area contributed by atoms with Gasteiger partial charge in [0.1, 0.15) is 0 Å². The van der Waals surface area contributed by atoms with E-state index in [1.807, 2.05) is 24.3 Å². The van der Waals surface area contributed by atoms with Crippen LogP contribution in [0, 0.1) is 0 Å². The lowest BCUT2D eigenvalue weighted by Crippen LogP contribution is -2.10. The van der Waals surface area contributed by atoms with Crippen LogP contribution >= 0.6 is 11.6 Å². The van der Waals surface area contributed by atoms with E-state index in [1.54, 1.807) is 0 Å². The lowest BCUT2D eigenvalue weighted by molar-refractivity contribution is -0.145. The second kappa shape index (κ2) is 19.2.